The predicted molar refractivity (Wildman–Crippen MR) is 67.0 cm³/mol. The summed E-state index contributed by atoms with van der Waals surface area (Å²) < 4.78 is 26.8. The Bertz CT molecular complexity index is 627. The quantitative estimate of drug-likeness (QED) is 0.855. The molecule has 1 heterocycles. The molecule has 0 saturated heterocycles. The number of hydrogen-bond donors (Lipinski definition) is 1. The summed E-state index contributed by atoms with van der Waals surface area (Å²) in [4.78, 5) is 10.8. The summed E-state index contributed by atoms with van der Waals surface area (Å²) in [7, 11) is -0.972. The maximum Gasteiger partial charge on any atom is 0.352 e. The van der Waals surface area contributed by atoms with Crippen molar-refractivity contribution in [3.63, 3.8) is 0 Å². The minimum absolute atomic E-state index is 0.0638. The fourth-order valence-electron chi connectivity index (χ4n) is 1.55. The van der Waals surface area contributed by atoms with Gasteiger partial charge in [0.1, 0.15) is 10.6 Å². The summed E-state index contributed by atoms with van der Waals surface area (Å²) in [5, 5.41) is 17.5. The summed E-state index contributed by atoms with van der Waals surface area (Å²) in [5.74, 6) is -1.20. The van der Waals surface area contributed by atoms with Crippen LogP contribution in [0.25, 0.3) is 0 Å². The monoisotopic (exact) mass is 285 g/mol. The highest BCUT2D eigenvalue weighted by molar-refractivity contribution is 7.89. The highest BCUT2D eigenvalue weighted by Gasteiger charge is 2.27. The first-order valence-electron chi connectivity index (χ1n) is 5.46. The molecule has 7 nitrogen and oxygen atoms in total. The van der Waals surface area contributed by atoms with Gasteiger partial charge in [0.2, 0.25) is 10.0 Å². The number of carbonyl (C=O) groups is 1. The van der Waals surface area contributed by atoms with E-state index < -0.39 is 22.0 Å². The molecule has 0 amide bonds. The molecule has 1 aromatic rings. The van der Waals surface area contributed by atoms with Gasteiger partial charge < -0.3 is 9.67 Å². The van der Waals surface area contributed by atoms with Crippen LogP contribution in [0.2, 0.25) is 0 Å². The number of rotatable bonds is 5. The molecule has 1 unspecified atom stereocenters. The smallest absolute Gasteiger partial charge is 0.352 e. The van der Waals surface area contributed by atoms with Crippen LogP contribution in [-0.4, -0.2) is 41.5 Å². The Morgan fingerprint density at radius 1 is 1.63 bits per heavy atom. The summed E-state index contributed by atoms with van der Waals surface area (Å²) in [5.41, 5.74) is -0.111. The summed E-state index contributed by atoms with van der Waals surface area (Å²) in [6.45, 7) is 1.61. The molecular weight excluding hydrogens is 270 g/mol. The molecule has 0 radical (unpaired) electrons. The van der Waals surface area contributed by atoms with Crippen LogP contribution in [0.15, 0.2) is 17.2 Å². The summed E-state index contributed by atoms with van der Waals surface area (Å²) in [6.07, 6.45) is 1.31. The van der Waals surface area contributed by atoms with E-state index in [0.29, 0.717) is 0 Å². The molecule has 0 aromatic carbocycles. The summed E-state index contributed by atoms with van der Waals surface area (Å²) in [6, 6.07) is 2.52. The van der Waals surface area contributed by atoms with Crippen LogP contribution in [0.1, 0.15) is 23.8 Å². The number of carboxylic acid groups (broad SMARTS) is 1. The van der Waals surface area contributed by atoms with E-state index in [1.165, 1.54) is 24.9 Å². The van der Waals surface area contributed by atoms with Crippen molar-refractivity contribution < 1.29 is 18.3 Å². The molecular formula is C11H15N3O4S. The van der Waals surface area contributed by atoms with Crippen molar-refractivity contribution in [1.29, 1.82) is 5.26 Å². The first kappa shape index (κ1) is 15.2. The van der Waals surface area contributed by atoms with E-state index in [2.05, 4.69) is 0 Å². The second-order valence-electron chi connectivity index (χ2n) is 4.21. The zero-order valence-electron chi connectivity index (χ0n) is 10.9. The van der Waals surface area contributed by atoms with Gasteiger partial charge in [-0.05, 0) is 13.0 Å². The van der Waals surface area contributed by atoms with Gasteiger partial charge in [-0.1, -0.05) is 0 Å². The average molecular weight is 285 g/mol. The van der Waals surface area contributed by atoms with E-state index in [4.69, 9.17) is 10.4 Å². The molecule has 0 bridgehead atoms. The van der Waals surface area contributed by atoms with Crippen LogP contribution in [-0.2, 0) is 17.1 Å². The molecule has 0 aliphatic carbocycles. The van der Waals surface area contributed by atoms with Crippen molar-refractivity contribution in [3.05, 3.63) is 18.0 Å². The lowest BCUT2D eigenvalue weighted by Gasteiger charge is -2.21. The Labute approximate surface area is 111 Å². The molecule has 1 rings (SSSR count). The van der Waals surface area contributed by atoms with Gasteiger partial charge in [-0.2, -0.15) is 9.57 Å². The summed E-state index contributed by atoms with van der Waals surface area (Å²) >= 11 is 0. The van der Waals surface area contributed by atoms with Crippen molar-refractivity contribution in [3.8, 4) is 6.07 Å². The van der Waals surface area contributed by atoms with Crippen molar-refractivity contribution in [2.75, 3.05) is 7.05 Å². The Morgan fingerprint density at radius 2 is 2.21 bits per heavy atom. The Hall–Kier alpha value is -1.85. The number of aryl methyl sites for hydroxylation is 1. The number of hydrogen-bond acceptors (Lipinski definition) is 4. The highest BCUT2D eigenvalue weighted by atomic mass is 32.2. The topological polar surface area (TPSA) is 103 Å². The Balaban J connectivity index is 3.18. The molecule has 1 N–H and O–H groups in total. The van der Waals surface area contributed by atoms with E-state index in [-0.39, 0.29) is 17.0 Å². The molecule has 1 aromatic heterocycles. The van der Waals surface area contributed by atoms with Gasteiger partial charge in [0, 0.05) is 26.3 Å². The van der Waals surface area contributed by atoms with Gasteiger partial charge in [0.25, 0.3) is 0 Å². The molecule has 104 valence electrons. The predicted octanol–water partition coefficient (Wildman–Crippen LogP) is 0.646. The molecule has 1 atom stereocenters. The number of aromatic nitrogens is 1. The van der Waals surface area contributed by atoms with Crippen LogP contribution in [0.4, 0.5) is 0 Å². The first-order chi connectivity index (χ1) is 8.71. The second-order valence-corrected chi connectivity index (χ2v) is 6.21. The molecule has 0 fully saturated rings. The zero-order valence-corrected chi connectivity index (χ0v) is 11.7. The molecule has 8 heteroatoms. The van der Waals surface area contributed by atoms with Gasteiger partial charge in [0.05, 0.1) is 12.5 Å². The van der Waals surface area contributed by atoms with E-state index in [0.717, 1.165) is 10.4 Å². The minimum Gasteiger partial charge on any atom is -0.477 e. The lowest BCUT2D eigenvalue weighted by Crippen LogP contribution is -2.34. The lowest BCUT2D eigenvalue weighted by molar-refractivity contribution is 0.0686. The van der Waals surface area contributed by atoms with Gasteiger partial charge in [-0.25, -0.2) is 13.2 Å². The third-order valence-corrected chi connectivity index (χ3v) is 4.82. The lowest BCUT2D eigenvalue weighted by atomic mass is 10.3. The van der Waals surface area contributed by atoms with Gasteiger partial charge in [-0.3, -0.25) is 0 Å². The fraction of sp³-hybridized carbons (Fsp3) is 0.455. The maximum atomic E-state index is 12.2. The molecule has 0 spiro atoms. The van der Waals surface area contributed by atoms with Crippen LogP contribution in [0.3, 0.4) is 0 Å². The van der Waals surface area contributed by atoms with Crippen LogP contribution < -0.4 is 0 Å². The first-order valence-corrected chi connectivity index (χ1v) is 6.90. The Morgan fingerprint density at radius 3 is 2.63 bits per heavy atom. The van der Waals surface area contributed by atoms with Crippen molar-refractivity contribution in [2.24, 2.45) is 7.05 Å². The number of sulfonamides is 1. The largest absolute Gasteiger partial charge is 0.477 e. The van der Waals surface area contributed by atoms with Gasteiger partial charge >= 0.3 is 5.97 Å². The third-order valence-electron chi connectivity index (χ3n) is 2.88. The second kappa shape index (κ2) is 5.42. The van der Waals surface area contributed by atoms with Crippen LogP contribution >= 0.6 is 0 Å². The van der Waals surface area contributed by atoms with E-state index in [9.17, 15) is 13.2 Å². The molecule has 0 aliphatic heterocycles. The van der Waals surface area contributed by atoms with Crippen molar-refractivity contribution in [2.45, 2.75) is 24.3 Å². The SMILES string of the molecule is CC(CC#N)N(C)S(=O)(=O)c1cc(C(=O)O)n(C)c1. The van der Waals surface area contributed by atoms with E-state index >= 15 is 0 Å². The highest BCUT2D eigenvalue weighted by Crippen LogP contribution is 2.20. The number of nitrogens with zero attached hydrogens (tertiary/aromatic N) is 3. The standard InChI is InChI=1S/C11H15N3O4S/c1-8(4-5-12)14(3)19(17,18)9-6-10(11(15)16)13(2)7-9/h6-8H,4H2,1-3H3,(H,15,16). The number of aromatic carboxylic acids is 1. The Kier molecular flexibility index (Phi) is 4.34. The van der Waals surface area contributed by atoms with E-state index in [1.54, 1.807) is 6.92 Å². The van der Waals surface area contributed by atoms with E-state index in [1.807, 2.05) is 6.07 Å². The fourth-order valence-corrected chi connectivity index (χ4v) is 2.98. The number of nitriles is 1. The maximum absolute atomic E-state index is 12.2. The van der Waals surface area contributed by atoms with Gasteiger partial charge in [-0.15, -0.1) is 0 Å². The van der Waals surface area contributed by atoms with Crippen LogP contribution in [0, 0.1) is 11.3 Å². The molecule has 0 aliphatic rings. The normalized spacial score (nSPS) is 13.2. The molecule has 19 heavy (non-hydrogen) atoms. The van der Waals surface area contributed by atoms with Crippen LogP contribution in [0.5, 0.6) is 0 Å². The van der Waals surface area contributed by atoms with Crippen molar-refractivity contribution in [1.82, 2.24) is 8.87 Å². The van der Waals surface area contributed by atoms with Crippen molar-refractivity contribution >= 4 is 16.0 Å². The average Bonchev–Trinajstić information content (AvgIpc) is 2.71. The third kappa shape index (κ3) is 2.94. The minimum atomic E-state index is -3.80. The molecule has 0 saturated carbocycles. The zero-order chi connectivity index (χ0) is 14.8. The number of carboxylic acids is 1. The van der Waals surface area contributed by atoms with Gasteiger partial charge in [0.15, 0.2) is 0 Å².